The van der Waals surface area contributed by atoms with E-state index >= 15 is 0 Å². The van der Waals surface area contributed by atoms with E-state index in [2.05, 4.69) is 38.4 Å². The quantitative estimate of drug-likeness (QED) is 0.944. The van der Waals surface area contributed by atoms with E-state index in [9.17, 15) is 0 Å². The third kappa shape index (κ3) is 2.81. The first-order valence-electron chi connectivity index (χ1n) is 7.39. The number of nitrogens with one attached hydrogen (secondary N) is 1. The second-order valence-corrected chi connectivity index (χ2v) is 6.20. The summed E-state index contributed by atoms with van der Waals surface area (Å²) in [7, 11) is 0. The first-order valence-corrected chi connectivity index (χ1v) is 7.76. The summed E-state index contributed by atoms with van der Waals surface area (Å²) in [6.07, 6.45) is 5.15. The van der Waals surface area contributed by atoms with Crippen LogP contribution in [0.3, 0.4) is 0 Å². The van der Waals surface area contributed by atoms with Crippen molar-refractivity contribution in [1.82, 2.24) is 9.97 Å². The molecule has 4 rings (SSSR count). The zero-order valence-electron chi connectivity index (χ0n) is 11.7. The van der Waals surface area contributed by atoms with Gasteiger partial charge in [-0.15, -0.1) is 0 Å². The minimum atomic E-state index is 0.608. The Labute approximate surface area is 129 Å². The molecule has 0 amide bonds. The van der Waals surface area contributed by atoms with Crippen molar-refractivity contribution in [3.8, 4) is 0 Å². The summed E-state index contributed by atoms with van der Waals surface area (Å²) in [5.41, 5.74) is 2.69. The molecule has 5 heteroatoms. The molecule has 1 aliphatic heterocycles. The Morgan fingerprint density at radius 1 is 1.14 bits per heavy atom. The minimum absolute atomic E-state index is 0.608. The van der Waals surface area contributed by atoms with E-state index in [1.165, 1.54) is 24.0 Å². The molecule has 1 N–H and O–H groups in total. The zero-order chi connectivity index (χ0) is 14.2. The summed E-state index contributed by atoms with van der Waals surface area (Å²) < 4.78 is 0. The van der Waals surface area contributed by atoms with Gasteiger partial charge in [0.2, 0.25) is 0 Å². The number of hydrogen-bond acceptors (Lipinski definition) is 4. The molecule has 0 bridgehead atoms. The number of hydrogen-bond donors (Lipinski definition) is 1. The first-order chi connectivity index (χ1) is 10.3. The van der Waals surface area contributed by atoms with Gasteiger partial charge in [0.25, 0.3) is 0 Å². The molecule has 0 atom stereocenters. The summed E-state index contributed by atoms with van der Waals surface area (Å²) in [6.45, 7) is 1.85. The van der Waals surface area contributed by atoms with Crippen molar-refractivity contribution in [2.24, 2.45) is 0 Å². The highest BCUT2D eigenvalue weighted by Gasteiger charge is 2.22. The van der Waals surface area contributed by atoms with Crippen LogP contribution >= 0.6 is 11.6 Å². The third-order valence-electron chi connectivity index (χ3n) is 4.09. The number of anilines is 2. The van der Waals surface area contributed by atoms with Crippen LogP contribution in [0.5, 0.6) is 0 Å². The molecule has 1 saturated carbocycles. The largest absolute Gasteiger partial charge is 0.367 e. The number of fused-ring (bicyclic) bond motifs is 1. The molecule has 0 saturated heterocycles. The summed E-state index contributed by atoms with van der Waals surface area (Å²) in [6, 6.07) is 8.82. The summed E-state index contributed by atoms with van der Waals surface area (Å²) >= 11 is 6.06. The van der Waals surface area contributed by atoms with E-state index in [4.69, 9.17) is 11.6 Å². The maximum Gasteiger partial charge on any atom is 0.134 e. The molecule has 1 aromatic carbocycles. The van der Waals surface area contributed by atoms with Gasteiger partial charge in [-0.25, -0.2) is 9.97 Å². The van der Waals surface area contributed by atoms with Gasteiger partial charge in [0.1, 0.15) is 18.0 Å². The fourth-order valence-corrected chi connectivity index (χ4v) is 2.95. The molecule has 1 aliphatic carbocycles. The molecule has 2 aliphatic rings. The molecular weight excluding hydrogens is 284 g/mol. The minimum Gasteiger partial charge on any atom is -0.367 e. The molecule has 1 aromatic heterocycles. The molecule has 2 aromatic rings. The van der Waals surface area contributed by atoms with E-state index in [0.717, 1.165) is 36.2 Å². The van der Waals surface area contributed by atoms with E-state index in [1.807, 2.05) is 6.07 Å². The molecule has 4 nitrogen and oxygen atoms in total. The van der Waals surface area contributed by atoms with Gasteiger partial charge in [-0.2, -0.15) is 0 Å². The van der Waals surface area contributed by atoms with Gasteiger partial charge in [0.15, 0.2) is 0 Å². The molecule has 108 valence electrons. The van der Waals surface area contributed by atoms with Crippen LogP contribution in [-0.4, -0.2) is 22.6 Å². The van der Waals surface area contributed by atoms with Crippen molar-refractivity contribution in [3.63, 3.8) is 0 Å². The highest BCUT2D eigenvalue weighted by Crippen LogP contribution is 2.28. The van der Waals surface area contributed by atoms with Gasteiger partial charge in [-0.3, -0.25) is 0 Å². The maximum atomic E-state index is 6.06. The summed E-state index contributed by atoms with van der Waals surface area (Å²) in [4.78, 5) is 11.0. The van der Waals surface area contributed by atoms with E-state index in [1.54, 1.807) is 6.33 Å². The highest BCUT2D eigenvalue weighted by molar-refractivity contribution is 6.30. The van der Waals surface area contributed by atoms with Crippen LogP contribution in [0.15, 0.2) is 30.6 Å². The SMILES string of the molecule is Clc1ccc2c(c1)CCN(c1cc(NC3CC3)ncn1)C2. The average Bonchev–Trinajstić information content (AvgIpc) is 3.31. The van der Waals surface area contributed by atoms with E-state index < -0.39 is 0 Å². The van der Waals surface area contributed by atoms with Crippen molar-refractivity contribution in [2.45, 2.75) is 31.8 Å². The fraction of sp³-hybridized carbons (Fsp3) is 0.375. The fourth-order valence-electron chi connectivity index (χ4n) is 2.75. The van der Waals surface area contributed by atoms with Gasteiger partial charge in [-0.1, -0.05) is 17.7 Å². The van der Waals surface area contributed by atoms with Crippen molar-refractivity contribution in [1.29, 1.82) is 0 Å². The van der Waals surface area contributed by atoms with Crippen LogP contribution in [0, 0.1) is 0 Å². The number of nitrogens with zero attached hydrogens (tertiary/aromatic N) is 3. The molecule has 21 heavy (non-hydrogen) atoms. The van der Waals surface area contributed by atoms with Crippen molar-refractivity contribution in [3.05, 3.63) is 46.7 Å². The van der Waals surface area contributed by atoms with Crippen molar-refractivity contribution < 1.29 is 0 Å². The van der Waals surface area contributed by atoms with Crippen LogP contribution in [0.4, 0.5) is 11.6 Å². The zero-order valence-corrected chi connectivity index (χ0v) is 12.5. The van der Waals surface area contributed by atoms with Crippen LogP contribution in [0.25, 0.3) is 0 Å². The Kier molecular flexibility index (Phi) is 3.19. The van der Waals surface area contributed by atoms with Gasteiger partial charge in [0.05, 0.1) is 0 Å². The monoisotopic (exact) mass is 300 g/mol. The highest BCUT2D eigenvalue weighted by atomic mass is 35.5. The predicted octanol–water partition coefficient (Wildman–Crippen LogP) is 3.27. The van der Waals surface area contributed by atoms with Gasteiger partial charge < -0.3 is 10.2 Å². The van der Waals surface area contributed by atoms with Gasteiger partial charge in [-0.05, 0) is 42.5 Å². The van der Waals surface area contributed by atoms with Crippen molar-refractivity contribution in [2.75, 3.05) is 16.8 Å². The Hall–Kier alpha value is -1.81. The number of benzene rings is 1. The first kappa shape index (κ1) is 12.9. The van der Waals surface area contributed by atoms with Crippen LogP contribution < -0.4 is 10.2 Å². The predicted molar refractivity (Wildman–Crippen MR) is 84.9 cm³/mol. The molecule has 1 fully saturated rings. The lowest BCUT2D eigenvalue weighted by Crippen LogP contribution is -2.31. The second kappa shape index (κ2) is 5.19. The maximum absolute atomic E-state index is 6.06. The molecule has 0 radical (unpaired) electrons. The standard InChI is InChI=1S/C16H17ClN4/c17-13-2-1-12-9-21(6-5-11(12)7-13)16-8-15(18-10-19-16)20-14-3-4-14/h1-2,7-8,10,14H,3-6,9H2,(H,18,19,20). The van der Waals surface area contributed by atoms with Gasteiger partial charge >= 0.3 is 0 Å². The van der Waals surface area contributed by atoms with E-state index in [0.29, 0.717) is 6.04 Å². The Morgan fingerprint density at radius 2 is 2.05 bits per heavy atom. The number of rotatable bonds is 3. The number of aromatic nitrogens is 2. The Morgan fingerprint density at radius 3 is 2.90 bits per heavy atom. The van der Waals surface area contributed by atoms with Crippen LogP contribution in [0.2, 0.25) is 5.02 Å². The molecule has 2 heterocycles. The summed E-state index contributed by atoms with van der Waals surface area (Å²) in [5, 5.41) is 4.25. The van der Waals surface area contributed by atoms with Crippen LogP contribution in [-0.2, 0) is 13.0 Å². The van der Waals surface area contributed by atoms with E-state index in [-0.39, 0.29) is 0 Å². The Bertz CT molecular complexity index is 669. The lowest BCUT2D eigenvalue weighted by Gasteiger charge is -2.30. The Balaban J connectivity index is 1.55. The third-order valence-corrected chi connectivity index (χ3v) is 4.32. The molecular formula is C16H17ClN4. The van der Waals surface area contributed by atoms with Crippen molar-refractivity contribution >= 4 is 23.2 Å². The van der Waals surface area contributed by atoms with Crippen LogP contribution in [0.1, 0.15) is 24.0 Å². The average molecular weight is 301 g/mol. The number of halogens is 1. The second-order valence-electron chi connectivity index (χ2n) is 5.76. The lowest BCUT2D eigenvalue weighted by atomic mass is 10.00. The molecule has 0 spiro atoms. The molecule has 0 unspecified atom stereocenters. The van der Waals surface area contributed by atoms with Gasteiger partial charge in [0, 0.05) is 30.2 Å². The smallest absolute Gasteiger partial charge is 0.134 e. The normalized spacial score (nSPS) is 17.5. The lowest BCUT2D eigenvalue weighted by molar-refractivity contribution is 0.719. The summed E-state index contributed by atoms with van der Waals surface area (Å²) in [5.74, 6) is 1.93. The topological polar surface area (TPSA) is 41.0 Å².